The normalized spacial score (nSPS) is 17.4. The smallest absolute Gasteiger partial charge is 0.408 e. The van der Waals surface area contributed by atoms with E-state index < -0.39 is 23.7 Å². The van der Waals surface area contributed by atoms with Gasteiger partial charge in [0.1, 0.15) is 11.6 Å². The molecule has 3 aromatic carbocycles. The molecule has 0 saturated carbocycles. The molecular weight excluding hydrogens is 555 g/mol. The molecule has 1 aliphatic rings. The third-order valence-corrected chi connectivity index (χ3v) is 8.16. The first-order valence-corrected chi connectivity index (χ1v) is 14.3. The first kappa shape index (κ1) is 29.1. The highest BCUT2D eigenvalue weighted by Crippen LogP contribution is 2.50. The van der Waals surface area contributed by atoms with Gasteiger partial charge in [-0.25, -0.2) is 9.59 Å². The maximum Gasteiger partial charge on any atom is 0.408 e. The number of alkyl carbamates (subject to hydrolysis) is 1. The molecule has 1 heterocycles. The molecule has 4 rings (SSSR count). The Labute approximate surface area is 243 Å². The summed E-state index contributed by atoms with van der Waals surface area (Å²) in [6.45, 7) is 5.30. The first-order valence-electron chi connectivity index (χ1n) is 12.7. The molecule has 1 amide bonds. The van der Waals surface area contributed by atoms with Crippen molar-refractivity contribution in [2.75, 3.05) is 12.4 Å². The van der Waals surface area contributed by atoms with Crippen molar-refractivity contribution in [2.45, 2.75) is 61.4 Å². The van der Waals surface area contributed by atoms with E-state index in [1.165, 1.54) is 7.11 Å². The van der Waals surface area contributed by atoms with Gasteiger partial charge >= 0.3 is 12.1 Å². The van der Waals surface area contributed by atoms with Crippen molar-refractivity contribution in [1.82, 2.24) is 5.32 Å². The number of carbonyl (C=O) groups excluding carboxylic acids is 2. The second-order valence-electron chi connectivity index (χ2n) is 10.3. The van der Waals surface area contributed by atoms with Gasteiger partial charge in [0.2, 0.25) is 0 Å². The zero-order chi connectivity index (χ0) is 28.2. The number of thioether (sulfide) groups is 1. The fraction of sp³-hybridized carbons (Fsp3) is 0.333. The summed E-state index contributed by atoms with van der Waals surface area (Å²) in [5.41, 5.74) is 3.14. The Kier molecular flexibility index (Phi) is 9.36. The summed E-state index contributed by atoms with van der Waals surface area (Å²) in [5, 5.41) is 7.60. The van der Waals surface area contributed by atoms with Crippen LogP contribution in [0.2, 0.25) is 10.0 Å². The predicted molar refractivity (Wildman–Crippen MR) is 158 cm³/mol. The largest absolute Gasteiger partial charge is 0.467 e. The van der Waals surface area contributed by atoms with Gasteiger partial charge in [-0.2, -0.15) is 0 Å². The predicted octanol–water partition coefficient (Wildman–Crippen LogP) is 7.99. The summed E-state index contributed by atoms with van der Waals surface area (Å²) in [4.78, 5) is 26.1. The second kappa shape index (κ2) is 12.5. The summed E-state index contributed by atoms with van der Waals surface area (Å²) in [5.74, 6) is -0.541. The van der Waals surface area contributed by atoms with Crippen molar-refractivity contribution in [1.29, 1.82) is 0 Å². The fourth-order valence-electron chi connectivity index (χ4n) is 4.55. The zero-order valence-corrected chi connectivity index (χ0v) is 24.6. The van der Waals surface area contributed by atoms with E-state index in [-0.39, 0.29) is 17.7 Å². The summed E-state index contributed by atoms with van der Waals surface area (Å²) >= 11 is 14.9. The summed E-state index contributed by atoms with van der Waals surface area (Å²) in [7, 11) is 1.30. The molecule has 2 N–H and O–H groups in total. The van der Waals surface area contributed by atoms with Crippen LogP contribution >= 0.6 is 35.0 Å². The number of fused-ring (bicyclic) bond motifs is 1. The Morgan fingerprint density at radius 2 is 1.74 bits per heavy atom. The highest BCUT2D eigenvalue weighted by molar-refractivity contribution is 7.99. The topological polar surface area (TPSA) is 76.7 Å². The van der Waals surface area contributed by atoms with Gasteiger partial charge in [0, 0.05) is 37.9 Å². The molecule has 6 nitrogen and oxygen atoms in total. The number of anilines is 1. The van der Waals surface area contributed by atoms with Crippen molar-refractivity contribution in [3.8, 4) is 0 Å². The van der Waals surface area contributed by atoms with Gasteiger partial charge in [-0.15, -0.1) is 11.8 Å². The number of hydrogen-bond acceptors (Lipinski definition) is 6. The minimum Gasteiger partial charge on any atom is -0.467 e. The molecular formula is C30H32Cl2N2O4S. The summed E-state index contributed by atoms with van der Waals surface area (Å²) in [6.07, 6.45) is 0.326. The molecule has 3 atom stereocenters. The molecule has 9 heteroatoms. The van der Waals surface area contributed by atoms with Crippen LogP contribution in [-0.4, -0.2) is 30.8 Å². The molecule has 1 aliphatic heterocycles. The molecule has 0 spiro atoms. The number of halogens is 2. The standard InChI is InChI=1S/C30H32Cl2N2O4S/c1-30(2,3)38-29(36)34-25(28(35)37-4)16-18-13-14-23-20(15-18)26(39-19-9-6-5-7-10-19)17-24(33-23)27-21(31)11-8-12-22(27)32/h5-15,24-26,33H,16-17H2,1-4H3,(H,34,36)/t24-,25-,26-/m0/s1. The Morgan fingerprint density at radius 3 is 2.38 bits per heavy atom. The Bertz CT molecular complexity index is 1310. The number of rotatable bonds is 7. The van der Waals surface area contributed by atoms with Gasteiger partial charge < -0.3 is 20.1 Å². The average molecular weight is 588 g/mol. The number of carbonyl (C=O) groups is 2. The van der Waals surface area contributed by atoms with Crippen LogP contribution in [0.25, 0.3) is 0 Å². The molecule has 0 unspecified atom stereocenters. The number of amides is 1. The number of esters is 1. The lowest BCUT2D eigenvalue weighted by Gasteiger charge is -2.34. The Morgan fingerprint density at radius 1 is 1.05 bits per heavy atom. The SMILES string of the molecule is COC(=O)[C@H](Cc1ccc2c(c1)[C@@H](Sc1ccccc1)C[C@@H](c1c(Cl)cccc1Cl)N2)NC(=O)OC(C)(C)C. The highest BCUT2D eigenvalue weighted by atomic mass is 35.5. The Balaban J connectivity index is 1.64. The number of benzene rings is 3. The number of methoxy groups -OCH3 is 1. The van der Waals surface area contributed by atoms with Crippen LogP contribution in [-0.2, 0) is 20.7 Å². The molecule has 206 valence electrons. The van der Waals surface area contributed by atoms with Crippen LogP contribution in [0.1, 0.15) is 55.2 Å². The second-order valence-corrected chi connectivity index (χ2v) is 12.4. The maximum absolute atomic E-state index is 12.5. The number of ether oxygens (including phenoxy) is 2. The van der Waals surface area contributed by atoms with Crippen molar-refractivity contribution in [3.63, 3.8) is 0 Å². The highest BCUT2D eigenvalue weighted by Gasteiger charge is 2.32. The fourth-order valence-corrected chi connectivity index (χ4v) is 6.47. The van der Waals surface area contributed by atoms with Crippen molar-refractivity contribution in [2.24, 2.45) is 0 Å². The third-order valence-electron chi connectivity index (χ3n) is 6.23. The molecule has 0 saturated heterocycles. The minimum atomic E-state index is -0.894. The van der Waals surface area contributed by atoms with Crippen LogP contribution < -0.4 is 10.6 Å². The van der Waals surface area contributed by atoms with E-state index in [0.29, 0.717) is 10.0 Å². The number of nitrogens with one attached hydrogen (secondary N) is 2. The lowest BCUT2D eigenvalue weighted by Crippen LogP contribution is -2.45. The van der Waals surface area contributed by atoms with Crippen molar-refractivity contribution < 1.29 is 19.1 Å². The van der Waals surface area contributed by atoms with Crippen LogP contribution in [0.4, 0.5) is 10.5 Å². The molecule has 0 fully saturated rings. The van der Waals surface area contributed by atoms with Gasteiger partial charge in [0.15, 0.2) is 0 Å². The summed E-state index contributed by atoms with van der Waals surface area (Å²) in [6, 6.07) is 20.8. The van der Waals surface area contributed by atoms with E-state index in [1.54, 1.807) is 32.5 Å². The lowest BCUT2D eigenvalue weighted by atomic mass is 9.91. The number of hydrogen-bond donors (Lipinski definition) is 2. The third kappa shape index (κ3) is 7.62. The quantitative estimate of drug-likeness (QED) is 0.273. The minimum absolute atomic E-state index is 0.0799. The molecule has 0 aromatic heterocycles. The summed E-state index contributed by atoms with van der Waals surface area (Å²) < 4.78 is 10.3. The van der Waals surface area contributed by atoms with Crippen LogP contribution in [0, 0.1) is 0 Å². The van der Waals surface area contributed by atoms with Gasteiger partial charge in [-0.05, 0) is 68.7 Å². The lowest BCUT2D eigenvalue weighted by molar-refractivity contribution is -0.143. The van der Waals surface area contributed by atoms with Gasteiger partial charge in [-0.1, -0.05) is 59.6 Å². The maximum atomic E-state index is 12.5. The Hall–Kier alpha value is -2.87. The molecule has 39 heavy (non-hydrogen) atoms. The van der Waals surface area contributed by atoms with E-state index in [4.69, 9.17) is 32.7 Å². The molecule has 0 radical (unpaired) electrons. The molecule has 0 bridgehead atoms. The zero-order valence-electron chi connectivity index (χ0n) is 22.3. The van der Waals surface area contributed by atoms with Crippen molar-refractivity contribution >= 4 is 52.7 Å². The molecule has 3 aromatic rings. The van der Waals surface area contributed by atoms with Gasteiger partial charge in [0.05, 0.1) is 13.2 Å². The van der Waals surface area contributed by atoms with E-state index in [9.17, 15) is 9.59 Å². The van der Waals surface area contributed by atoms with E-state index in [1.807, 2.05) is 48.5 Å². The van der Waals surface area contributed by atoms with E-state index in [0.717, 1.165) is 33.7 Å². The monoisotopic (exact) mass is 586 g/mol. The first-order chi connectivity index (χ1) is 18.5. The van der Waals surface area contributed by atoms with Gasteiger partial charge in [0.25, 0.3) is 0 Å². The van der Waals surface area contributed by atoms with Crippen LogP contribution in [0.5, 0.6) is 0 Å². The van der Waals surface area contributed by atoms with Crippen LogP contribution in [0.15, 0.2) is 71.6 Å². The van der Waals surface area contributed by atoms with Gasteiger partial charge in [-0.3, -0.25) is 0 Å². The van der Waals surface area contributed by atoms with E-state index >= 15 is 0 Å². The van der Waals surface area contributed by atoms with Crippen molar-refractivity contribution in [3.05, 3.63) is 93.5 Å². The molecule has 0 aliphatic carbocycles. The van der Waals surface area contributed by atoms with E-state index in [2.05, 4.69) is 28.8 Å². The average Bonchev–Trinajstić information content (AvgIpc) is 2.87. The van der Waals surface area contributed by atoms with Crippen LogP contribution in [0.3, 0.4) is 0 Å².